The summed E-state index contributed by atoms with van der Waals surface area (Å²) in [5, 5.41) is 6.43. The molecule has 28 heavy (non-hydrogen) atoms. The monoisotopic (exact) mass is 415 g/mol. The highest BCUT2D eigenvalue weighted by atomic mass is 32.2. The lowest BCUT2D eigenvalue weighted by atomic mass is 10.0. The molecular formula is C20H21N3O3S2. The smallest absolute Gasteiger partial charge is 0.317 e. The first-order valence-electron chi connectivity index (χ1n) is 8.87. The van der Waals surface area contributed by atoms with Crippen LogP contribution in [0.2, 0.25) is 0 Å². The molecule has 1 aromatic carbocycles. The molecule has 0 spiro atoms. The Hall–Kier alpha value is -2.45. The van der Waals surface area contributed by atoms with Crippen LogP contribution >= 0.6 is 23.1 Å². The lowest BCUT2D eigenvalue weighted by Crippen LogP contribution is -2.37. The van der Waals surface area contributed by atoms with E-state index in [4.69, 9.17) is 4.74 Å². The molecule has 3 aromatic rings. The van der Waals surface area contributed by atoms with Gasteiger partial charge in [-0.05, 0) is 29.9 Å². The summed E-state index contributed by atoms with van der Waals surface area (Å²) in [7, 11) is 0. The van der Waals surface area contributed by atoms with E-state index < -0.39 is 12.1 Å². The van der Waals surface area contributed by atoms with Crippen molar-refractivity contribution in [3.63, 3.8) is 0 Å². The van der Waals surface area contributed by atoms with E-state index in [0.29, 0.717) is 6.54 Å². The molecule has 0 saturated heterocycles. The van der Waals surface area contributed by atoms with Gasteiger partial charge in [-0.1, -0.05) is 49.0 Å². The van der Waals surface area contributed by atoms with Crippen LogP contribution in [0.4, 0.5) is 0 Å². The first-order valence-corrected chi connectivity index (χ1v) is 10.7. The summed E-state index contributed by atoms with van der Waals surface area (Å²) < 4.78 is 5.25. The molecule has 0 radical (unpaired) electrons. The van der Waals surface area contributed by atoms with Crippen molar-refractivity contribution < 1.29 is 14.3 Å². The van der Waals surface area contributed by atoms with Crippen molar-refractivity contribution in [2.75, 3.05) is 12.3 Å². The average Bonchev–Trinajstić information content (AvgIpc) is 3.20. The molecule has 6 nitrogen and oxygen atoms in total. The number of rotatable bonds is 8. The van der Waals surface area contributed by atoms with Crippen LogP contribution in [0, 0.1) is 0 Å². The lowest BCUT2D eigenvalue weighted by molar-refractivity contribution is -0.152. The molecule has 0 bridgehead atoms. The maximum atomic E-state index is 12.2. The van der Waals surface area contributed by atoms with Gasteiger partial charge < -0.3 is 10.1 Å². The minimum Gasteiger partial charge on any atom is -0.452 e. The number of thiophene rings is 1. The first kappa shape index (κ1) is 20.3. The van der Waals surface area contributed by atoms with E-state index in [1.165, 1.54) is 29.4 Å². The molecule has 1 amide bonds. The highest BCUT2D eigenvalue weighted by Gasteiger charge is 2.19. The fourth-order valence-electron chi connectivity index (χ4n) is 2.59. The van der Waals surface area contributed by atoms with Crippen molar-refractivity contribution >= 4 is 45.2 Å². The Morgan fingerprint density at radius 2 is 1.96 bits per heavy atom. The Bertz CT molecular complexity index is 946. The van der Waals surface area contributed by atoms with E-state index in [2.05, 4.69) is 15.3 Å². The van der Waals surface area contributed by atoms with E-state index in [9.17, 15) is 9.59 Å². The number of carbonyl (C=O) groups excluding carboxylic acids is 2. The Balaban J connectivity index is 1.44. The van der Waals surface area contributed by atoms with Gasteiger partial charge in [-0.15, -0.1) is 11.3 Å². The molecule has 2 aromatic heterocycles. The molecule has 0 aliphatic heterocycles. The molecule has 146 valence electrons. The van der Waals surface area contributed by atoms with Gasteiger partial charge in [-0.25, -0.2) is 9.97 Å². The standard InChI is InChI=1S/C20H21N3O3S2/c1-13(15-6-4-3-5-7-15)10-21-18(25)14(2)26-17(24)11-28-20-16-8-9-27-19(16)22-12-23-20/h3-9,12-14H,10-11H2,1-2H3,(H,21,25)/t13-,14-/m0/s1. The fraction of sp³-hybridized carbons (Fsp3) is 0.300. The van der Waals surface area contributed by atoms with Crippen molar-refractivity contribution in [2.45, 2.75) is 30.9 Å². The van der Waals surface area contributed by atoms with Crippen LogP contribution in [-0.4, -0.2) is 40.2 Å². The number of hydrogen-bond acceptors (Lipinski definition) is 7. The number of hydrogen-bond donors (Lipinski definition) is 1. The van der Waals surface area contributed by atoms with Gasteiger partial charge in [0.25, 0.3) is 5.91 Å². The van der Waals surface area contributed by atoms with Crippen LogP contribution in [0.1, 0.15) is 25.3 Å². The van der Waals surface area contributed by atoms with Crippen LogP contribution in [-0.2, 0) is 14.3 Å². The normalized spacial score (nSPS) is 13.1. The summed E-state index contributed by atoms with van der Waals surface area (Å²) in [4.78, 5) is 33.6. The highest BCUT2D eigenvalue weighted by Crippen LogP contribution is 2.27. The molecule has 1 N–H and O–H groups in total. The third-order valence-electron chi connectivity index (χ3n) is 4.18. The van der Waals surface area contributed by atoms with Crippen LogP contribution in [0.5, 0.6) is 0 Å². The maximum absolute atomic E-state index is 12.2. The fourth-order valence-corrected chi connectivity index (χ4v) is 4.15. The molecule has 8 heteroatoms. The van der Waals surface area contributed by atoms with Crippen molar-refractivity contribution in [2.24, 2.45) is 0 Å². The van der Waals surface area contributed by atoms with E-state index in [1.807, 2.05) is 48.7 Å². The number of carbonyl (C=O) groups is 2. The van der Waals surface area contributed by atoms with Gasteiger partial charge in [-0.2, -0.15) is 0 Å². The second kappa shape index (κ2) is 9.66. The number of nitrogens with one attached hydrogen (secondary N) is 1. The summed E-state index contributed by atoms with van der Waals surface area (Å²) in [5.74, 6) is -0.497. The quantitative estimate of drug-likeness (QED) is 0.344. The number of ether oxygens (including phenoxy) is 1. The summed E-state index contributed by atoms with van der Waals surface area (Å²) in [5.41, 5.74) is 1.15. The second-order valence-corrected chi connectivity index (χ2v) is 8.15. The van der Waals surface area contributed by atoms with Gasteiger partial charge >= 0.3 is 5.97 Å². The molecule has 0 unspecified atom stereocenters. The van der Waals surface area contributed by atoms with Crippen molar-refractivity contribution in [3.8, 4) is 0 Å². The predicted octanol–water partition coefficient (Wildman–Crippen LogP) is 3.64. The van der Waals surface area contributed by atoms with E-state index in [-0.39, 0.29) is 17.6 Å². The number of esters is 1. The van der Waals surface area contributed by atoms with Crippen LogP contribution in [0.25, 0.3) is 10.2 Å². The second-order valence-electron chi connectivity index (χ2n) is 6.30. The Kier molecular flexibility index (Phi) is 7.00. The summed E-state index contributed by atoms with van der Waals surface area (Å²) in [6, 6.07) is 11.9. The number of nitrogens with zero attached hydrogens (tertiary/aromatic N) is 2. The van der Waals surface area contributed by atoms with Gasteiger partial charge in [0.05, 0.1) is 5.75 Å². The molecule has 0 fully saturated rings. The summed E-state index contributed by atoms with van der Waals surface area (Å²) in [6.07, 6.45) is 0.638. The van der Waals surface area contributed by atoms with Gasteiger partial charge in [0.2, 0.25) is 0 Å². The highest BCUT2D eigenvalue weighted by molar-refractivity contribution is 8.00. The maximum Gasteiger partial charge on any atom is 0.317 e. The third kappa shape index (κ3) is 5.30. The van der Waals surface area contributed by atoms with Crippen molar-refractivity contribution in [1.82, 2.24) is 15.3 Å². The molecular weight excluding hydrogens is 394 g/mol. The lowest BCUT2D eigenvalue weighted by Gasteiger charge is -2.16. The summed E-state index contributed by atoms with van der Waals surface area (Å²) >= 11 is 2.80. The molecule has 2 heterocycles. The van der Waals surface area contributed by atoms with E-state index in [0.717, 1.165) is 20.8 Å². The van der Waals surface area contributed by atoms with E-state index in [1.54, 1.807) is 6.92 Å². The number of aromatic nitrogens is 2. The predicted molar refractivity (Wildman–Crippen MR) is 112 cm³/mol. The third-order valence-corrected chi connectivity index (χ3v) is 5.98. The van der Waals surface area contributed by atoms with Crippen LogP contribution < -0.4 is 5.32 Å². The zero-order valence-corrected chi connectivity index (χ0v) is 17.3. The molecule has 0 aliphatic rings. The minimum absolute atomic E-state index is 0.0833. The molecule has 0 aliphatic carbocycles. The minimum atomic E-state index is -0.845. The van der Waals surface area contributed by atoms with Gasteiger partial charge in [0, 0.05) is 11.9 Å². The Labute approximate surface area is 171 Å². The van der Waals surface area contributed by atoms with Crippen molar-refractivity contribution in [1.29, 1.82) is 0 Å². The van der Waals surface area contributed by atoms with Crippen LogP contribution in [0.15, 0.2) is 53.1 Å². The number of amides is 1. The van der Waals surface area contributed by atoms with Gasteiger partial charge in [0.1, 0.15) is 16.2 Å². The first-order chi connectivity index (χ1) is 13.5. The molecule has 0 saturated carbocycles. The number of benzene rings is 1. The molecule has 2 atom stereocenters. The van der Waals surface area contributed by atoms with E-state index >= 15 is 0 Å². The number of fused-ring (bicyclic) bond motifs is 1. The van der Waals surface area contributed by atoms with Gasteiger partial charge in [0.15, 0.2) is 6.10 Å². The zero-order valence-electron chi connectivity index (χ0n) is 15.6. The Morgan fingerprint density at radius 3 is 2.75 bits per heavy atom. The topological polar surface area (TPSA) is 81.2 Å². The van der Waals surface area contributed by atoms with Crippen LogP contribution in [0.3, 0.4) is 0 Å². The summed E-state index contributed by atoms with van der Waals surface area (Å²) in [6.45, 7) is 4.10. The van der Waals surface area contributed by atoms with Crippen molar-refractivity contribution in [3.05, 3.63) is 53.7 Å². The van der Waals surface area contributed by atoms with Gasteiger partial charge in [-0.3, -0.25) is 9.59 Å². The SMILES string of the molecule is C[C@H](OC(=O)CSc1ncnc2sccc12)C(=O)NC[C@H](C)c1ccccc1. The Morgan fingerprint density at radius 1 is 1.18 bits per heavy atom. The zero-order chi connectivity index (χ0) is 19.9. The molecule has 3 rings (SSSR count). The largest absolute Gasteiger partial charge is 0.452 e. The number of thioether (sulfide) groups is 1. The average molecular weight is 416 g/mol.